The van der Waals surface area contributed by atoms with Crippen LogP contribution >= 0.6 is 15.9 Å². The van der Waals surface area contributed by atoms with Crippen molar-refractivity contribution in [1.82, 2.24) is 14.4 Å². The number of nitrogens with one attached hydrogen (secondary N) is 1. The van der Waals surface area contributed by atoms with Gasteiger partial charge in [-0.1, -0.05) is 19.1 Å². The van der Waals surface area contributed by atoms with E-state index in [1.165, 1.54) is 5.56 Å². The molecule has 1 amide bonds. The first kappa shape index (κ1) is 19.1. The van der Waals surface area contributed by atoms with Crippen LogP contribution in [0.2, 0.25) is 0 Å². The summed E-state index contributed by atoms with van der Waals surface area (Å²) in [4.78, 5) is 17.5. The van der Waals surface area contributed by atoms with Gasteiger partial charge in [0, 0.05) is 55.6 Å². The molecule has 1 aliphatic rings. The summed E-state index contributed by atoms with van der Waals surface area (Å²) >= 11 is 3.43. The van der Waals surface area contributed by atoms with Gasteiger partial charge in [0.05, 0.1) is 0 Å². The second kappa shape index (κ2) is 8.84. The first-order valence-corrected chi connectivity index (χ1v) is 10.1. The molecule has 0 aliphatic carbocycles. The number of nitrogens with zero attached hydrogens (tertiary/aromatic N) is 3. The lowest BCUT2D eigenvalue weighted by molar-refractivity contribution is 0.101. The monoisotopic (exact) mass is 418 g/mol. The Hall–Kier alpha value is -1.63. The van der Waals surface area contributed by atoms with E-state index in [-0.39, 0.29) is 5.91 Å². The van der Waals surface area contributed by atoms with E-state index in [0.717, 1.165) is 56.0 Å². The molecule has 0 unspecified atom stereocenters. The van der Waals surface area contributed by atoms with Crippen LogP contribution in [0.3, 0.4) is 0 Å². The summed E-state index contributed by atoms with van der Waals surface area (Å²) in [7, 11) is 0. The van der Waals surface area contributed by atoms with Gasteiger partial charge in [-0.15, -0.1) is 0 Å². The van der Waals surface area contributed by atoms with Crippen LogP contribution in [-0.2, 0) is 13.1 Å². The van der Waals surface area contributed by atoms with E-state index in [4.69, 9.17) is 0 Å². The van der Waals surface area contributed by atoms with Gasteiger partial charge < -0.3 is 14.8 Å². The maximum atomic E-state index is 12.5. The molecular weight excluding hydrogens is 392 g/mol. The summed E-state index contributed by atoms with van der Waals surface area (Å²) in [5.74, 6) is -0.0824. The third kappa shape index (κ3) is 4.75. The van der Waals surface area contributed by atoms with E-state index in [0.29, 0.717) is 5.69 Å². The summed E-state index contributed by atoms with van der Waals surface area (Å²) in [6.07, 6.45) is 1.93. The number of likely N-dealkylation sites (N-methyl/N-ethyl adjacent to an activating group) is 1. The van der Waals surface area contributed by atoms with E-state index in [9.17, 15) is 4.79 Å². The van der Waals surface area contributed by atoms with Crippen LogP contribution < -0.4 is 5.32 Å². The fourth-order valence-corrected chi connectivity index (χ4v) is 3.80. The summed E-state index contributed by atoms with van der Waals surface area (Å²) in [5, 5.41) is 2.99. The number of carbonyl (C=O) groups is 1. The van der Waals surface area contributed by atoms with Gasteiger partial charge in [-0.25, -0.2) is 0 Å². The third-order valence-corrected chi connectivity index (χ3v) is 5.40. The lowest BCUT2D eigenvalue weighted by Crippen LogP contribution is -2.45. The van der Waals surface area contributed by atoms with Gasteiger partial charge in [-0.3, -0.25) is 9.69 Å². The van der Waals surface area contributed by atoms with Crippen molar-refractivity contribution in [1.29, 1.82) is 0 Å². The molecule has 1 saturated heterocycles. The minimum absolute atomic E-state index is 0.0824. The highest BCUT2D eigenvalue weighted by molar-refractivity contribution is 9.10. The zero-order chi connectivity index (χ0) is 18.5. The summed E-state index contributed by atoms with van der Waals surface area (Å²) in [6, 6.07) is 10.0. The highest BCUT2D eigenvalue weighted by Gasteiger charge is 2.16. The van der Waals surface area contributed by atoms with Gasteiger partial charge >= 0.3 is 0 Å². The van der Waals surface area contributed by atoms with Crippen molar-refractivity contribution in [2.45, 2.75) is 26.9 Å². The molecule has 2 heterocycles. The average Bonchev–Trinajstić information content (AvgIpc) is 3.05. The molecule has 1 aliphatic heterocycles. The normalized spacial score (nSPS) is 16.0. The van der Waals surface area contributed by atoms with E-state index < -0.39 is 0 Å². The number of hydrogen-bond donors (Lipinski definition) is 1. The van der Waals surface area contributed by atoms with Crippen molar-refractivity contribution in [2.24, 2.45) is 0 Å². The lowest BCUT2D eigenvalue weighted by Gasteiger charge is -2.34. The fourth-order valence-electron chi connectivity index (χ4n) is 3.34. The minimum Gasteiger partial charge on any atom is -0.343 e. The van der Waals surface area contributed by atoms with Crippen LogP contribution in [0.25, 0.3) is 0 Å². The number of hydrogen-bond acceptors (Lipinski definition) is 3. The number of aromatic nitrogens is 1. The van der Waals surface area contributed by atoms with Crippen molar-refractivity contribution in [3.63, 3.8) is 0 Å². The Morgan fingerprint density at radius 1 is 1.04 bits per heavy atom. The van der Waals surface area contributed by atoms with E-state index in [2.05, 4.69) is 50.1 Å². The quantitative estimate of drug-likeness (QED) is 0.777. The molecule has 1 aromatic carbocycles. The number of carbonyl (C=O) groups excluding carboxylic acids is 1. The smallest absolute Gasteiger partial charge is 0.272 e. The Morgan fingerprint density at radius 3 is 2.31 bits per heavy atom. The number of anilines is 1. The Balaban J connectivity index is 1.57. The van der Waals surface area contributed by atoms with E-state index in [1.54, 1.807) is 0 Å². The van der Waals surface area contributed by atoms with Crippen molar-refractivity contribution in [3.05, 3.63) is 52.3 Å². The molecule has 0 atom stereocenters. The number of benzene rings is 1. The van der Waals surface area contributed by atoms with Crippen LogP contribution in [0.15, 0.2) is 41.0 Å². The first-order chi connectivity index (χ1) is 12.6. The standard InChI is InChI=1S/C20H27BrN4O/c1-3-23-9-11-24(12-10-23)14-16-5-7-18(8-6-16)22-20(26)19-13-17(21)15-25(19)4-2/h5-8,13,15H,3-4,9-12,14H2,1-2H3,(H,22,26). The highest BCUT2D eigenvalue weighted by Crippen LogP contribution is 2.18. The summed E-state index contributed by atoms with van der Waals surface area (Å²) in [5.41, 5.74) is 2.78. The predicted octanol–water partition coefficient (Wildman–Crippen LogP) is 3.66. The van der Waals surface area contributed by atoms with Gasteiger partial charge in [0.25, 0.3) is 5.91 Å². The van der Waals surface area contributed by atoms with Gasteiger partial charge in [0.2, 0.25) is 0 Å². The lowest BCUT2D eigenvalue weighted by atomic mass is 10.1. The number of rotatable bonds is 6. The molecule has 1 fully saturated rings. The van der Waals surface area contributed by atoms with E-state index >= 15 is 0 Å². The maximum Gasteiger partial charge on any atom is 0.272 e. The molecule has 1 N–H and O–H groups in total. The average molecular weight is 419 g/mol. The van der Waals surface area contributed by atoms with Crippen LogP contribution in [0.4, 0.5) is 5.69 Å². The molecule has 0 spiro atoms. The fraction of sp³-hybridized carbons (Fsp3) is 0.450. The molecule has 6 heteroatoms. The topological polar surface area (TPSA) is 40.5 Å². The molecule has 0 saturated carbocycles. The number of aryl methyl sites for hydroxylation is 1. The van der Waals surface area contributed by atoms with Gasteiger partial charge in [-0.2, -0.15) is 0 Å². The van der Waals surface area contributed by atoms with Crippen LogP contribution in [0, 0.1) is 0 Å². The molecule has 140 valence electrons. The molecule has 3 rings (SSSR count). The van der Waals surface area contributed by atoms with Gasteiger partial charge in [0.1, 0.15) is 5.69 Å². The third-order valence-electron chi connectivity index (χ3n) is 4.97. The largest absolute Gasteiger partial charge is 0.343 e. The van der Waals surface area contributed by atoms with Gasteiger partial charge in [0.15, 0.2) is 0 Å². The Bertz CT molecular complexity index is 733. The van der Waals surface area contributed by atoms with Gasteiger partial charge in [-0.05, 0) is 53.2 Å². The van der Waals surface area contributed by atoms with Crippen LogP contribution in [0.5, 0.6) is 0 Å². The highest BCUT2D eigenvalue weighted by atomic mass is 79.9. The van der Waals surface area contributed by atoms with Crippen molar-refractivity contribution in [3.8, 4) is 0 Å². The number of halogens is 1. The SMILES string of the molecule is CCN1CCN(Cc2ccc(NC(=O)c3cc(Br)cn3CC)cc2)CC1. The Morgan fingerprint density at radius 2 is 1.69 bits per heavy atom. The molecule has 1 aromatic heterocycles. The molecule has 0 bridgehead atoms. The molecule has 2 aromatic rings. The molecule has 0 radical (unpaired) electrons. The zero-order valence-corrected chi connectivity index (χ0v) is 17.1. The second-order valence-electron chi connectivity index (χ2n) is 6.69. The molecule has 26 heavy (non-hydrogen) atoms. The molecule has 5 nitrogen and oxygen atoms in total. The van der Waals surface area contributed by atoms with Crippen molar-refractivity contribution in [2.75, 3.05) is 38.0 Å². The molecular formula is C20H27BrN4O. The Labute approximate surface area is 164 Å². The second-order valence-corrected chi connectivity index (χ2v) is 7.61. The summed E-state index contributed by atoms with van der Waals surface area (Å²) in [6.45, 7) is 11.7. The predicted molar refractivity (Wildman–Crippen MR) is 110 cm³/mol. The first-order valence-electron chi connectivity index (χ1n) is 9.29. The summed E-state index contributed by atoms with van der Waals surface area (Å²) < 4.78 is 2.85. The van der Waals surface area contributed by atoms with E-state index in [1.807, 2.05) is 35.9 Å². The Kier molecular flexibility index (Phi) is 6.51. The zero-order valence-electron chi connectivity index (χ0n) is 15.5. The van der Waals surface area contributed by atoms with Crippen molar-refractivity contribution >= 4 is 27.5 Å². The number of amides is 1. The van der Waals surface area contributed by atoms with Crippen LogP contribution in [0.1, 0.15) is 29.9 Å². The van der Waals surface area contributed by atoms with Crippen LogP contribution in [-0.4, -0.2) is 53.0 Å². The van der Waals surface area contributed by atoms with Crippen molar-refractivity contribution < 1.29 is 4.79 Å². The maximum absolute atomic E-state index is 12.5. The number of piperazine rings is 1. The minimum atomic E-state index is -0.0824.